The molecule has 0 bridgehead atoms. The highest BCUT2D eigenvalue weighted by Gasteiger charge is 2.06. The van der Waals surface area contributed by atoms with Gasteiger partial charge in [-0.25, -0.2) is 5.01 Å². The van der Waals surface area contributed by atoms with Crippen LogP contribution in [0.4, 0.5) is 0 Å². The summed E-state index contributed by atoms with van der Waals surface area (Å²) in [5.74, 6) is 7.57. The van der Waals surface area contributed by atoms with Gasteiger partial charge >= 0.3 is 0 Å². The first kappa shape index (κ1) is 6.35. The van der Waals surface area contributed by atoms with E-state index in [2.05, 4.69) is 5.53 Å². The van der Waals surface area contributed by atoms with E-state index in [-0.39, 0.29) is 0 Å². The molecule has 0 aliphatic carbocycles. The number of hydrogen-bond donors (Lipinski definition) is 2. The van der Waals surface area contributed by atoms with E-state index in [1.807, 2.05) is 16.8 Å². The normalized spacial score (nSPS) is 23.6. The Bertz CT molecular complexity index is 62.3. The average Bonchev–Trinajstić information content (AvgIpc) is 1.90. The molecule has 8 heavy (non-hydrogen) atoms. The van der Waals surface area contributed by atoms with Gasteiger partial charge in [-0.3, -0.25) is 5.84 Å². The van der Waals surface area contributed by atoms with Gasteiger partial charge in [0.2, 0.25) is 0 Å². The second kappa shape index (κ2) is 3.29. The molecule has 1 heterocycles. The lowest BCUT2D eigenvalue weighted by molar-refractivity contribution is 0.211. The number of nitrogens with two attached hydrogens (primary N) is 1. The van der Waals surface area contributed by atoms with Crippen LogP contribution in [0.25, 0.3) is 0 Å². The maximum Gasteiger partial charge on any atom is 0.0235 e. The van der Waals surface area contributed by atoms with Gasteiger partial charge in [0.15, 0.2) is 0 Å². The molecule has 0 radical (unpaired) electrons. The maximum atomic E-state index is 5.17. The third-order valence-electron chi connectivity index (χ3n) is 1.19. The molecule has 1 aliphatic rings. The van der Waals surface area contributed by atoms with Crippen molar-refractivity contribution in [2.24, 2.45) is 5.84 Å². The molecule has 3 nitrogen and oxygen atoms in total. The van der Waals surface area contributed by atoms with Crippen molar-refractivity contribution in [3.05, 3.63) is 0 Å². The first-order valence-corrected chi connectivity index (χ1v) is 3.88. The van der Waals surface area contributed by atoms with Crippen molar-refractivity contribution in [2.75, 3.05) is 24.6 Å². The van der Waals surface area contributed by atoms with E-state index in [0.29, 0.717) is 0 Å². The minimum Gasteiger partial charge on any atom is -0.258 e. The Morgan fingerprint density at radius 3 is 2.38 bits per heavy atom. The molecular formula is C4H11N3S. The summed E-state index contributed by atoms with van der Waals surface area (Å²) in [4.78, 5) is 0. The minimum absolute atomic E-state index is 1.07. The largest absolute Gasteiger partial charge is 0.258 e. The predicted molar refractivity (Wildman–Crippen MR) is 36.2 cm³/mol. The molecule has 0 unspecified atom stereocenters. The van der Waals surface area contributed by atoms with Crippen molar-refractivity contribution in [1.29, 1.82) is 0 Å². The van der Waals surface area contributed by atoms with E-state index in [0.717, 1.165) is 13.1 Å². The number of hydrazine groups is 2. The van der Waals surface area contributed by atoms with Crippen LogP contribution < -0.4 is 11.4 Å². The molecular weight excluding hydrogens is 122 g/mol. The van der Waals surface area contributed by atoms with Gasteiger partial charge in [-0.05, 0) is 0 Å². The van der Waals surface area contributed by atoms with Crippen molar-refractivity contribution in [3.63, 3.8) is 0 Å². The molecule has 4 heteroatoms. The van der Waals surface area contributed by atoms with Crippen LogP contribution in [0, 0.1) is 0 Å². The molecule has 1 fully saturated rings. The molecule has 48 valence electrons. The Morgan fingerprint density at radius 2 is 2.00 bits per heavy atom. The van der Waals surface area contributed by atoms with Gasteiger partial charge in [-0.15, -0.1) is 0 Å². The van der Waals surface area contributed by atoms with E-state index in [1.165, 1.54) is 11.5 Å². The lowest BCUT2D eigenvalue weighted by Crippen LogP contribution is -2.47. The fourth-order valence-electron chi connectivity index (χ4n) is 0.692. The van der Waals surface area contributed by atoms with Crippen molar-refractivity contribution in [3.8, 4) is 0 Å². The summed E-state index contributed by atoms with van der Waals surface area (Å²) in [6.45, 7) is 2.14. The van der Waals surface area contributed by atoms with Gasteiger partial charge in [0.05, 0.1) is 0 Å². The average molecular weight is 133 g/mol. The number of rotatable bonds is 1. The van der Waals surface area contributed by atoms with Crippen LogP contribution in [0.1, 0.15) is 0 Å². The van der Waals surface area contributed by atoms with Gasteiger partial charge < -0.3 is 0 Å². The SMILES string of the molecule is NNN1CCSCC1. The Morgan fingerprint density at radius 1 is 1.38 bits per heavy atom. The topological polar surface area (TPSA) is 41.3 Å². The van der Waals surface area contributed by atoms with Crippen LogP contribution in [0.2, 0.25) is 0 Å². The summed E-state index contributed by atoms with van der Waals surface area (Å²) in [5.41, 5.74) is 2.62. The van der Waals surface area contributed by atoms with E-state index in [9.17, 15) is 0 Å². The van der Waals surface area contributed by atoms with Crippen LogP contribution in [0.5, 0.6) is 0 Å². The lowest BCUT2D eigenvalue weighted by Gasteiger charge is -2.23. The quantitative estimate of drug-likeness (QED) is 0.371. The fourth-order valence-corrected chi connectivity index (χ4v) is 1.60. The van der Waals surface area contributed by atoms with Gasteiger partial charge in [0, 0.05) is 24.6 Å². The first-order chi connectivity index (χ1) is 3.93. The van der Waals surface area contributed by atoms with E-state index in [4.69, 9.17) is 5.84 Å². The Hall–Kier alpha value is 0.230. The highest BCUT2D eigenvalue weighted by molar-refractivity contribution is 7.99. The van der Waals surface area contributed by atoms with Crippen LogP contribution in [0.3, 0.4) is 0 Å². The summed E-state index contributed by atoms with van der Waals surface area (Å²) in [7, 11) is 0. The van der Waals surface area contributed by atoms with Crippen LogP contribution in [-0.4, -0.2) is 29.6 Å². The molecule has 3 N–H and O–H groups in total. The number of nitrogens with zero attached hydrogens (tertiary/aromatic N) is 1. The summed E-state index contributed by atoms with van der Waals surface area (Å²) in [6, 6.07) is 0. The van der Waals surface area contributed by atoms with Crippen LogP contribution >= 0.6 is 11.8 Å². The molecule has 0 aromatic rings. The Labute approximate surface area is 53.5 Å². The van der Waals surface area contributed by atoms with Crippen molar-refractivity contribution >= 4 is 11.8 Å². The fraction of sp³-hybridized carbons (Fsp3) is 1.00. The molecule has 0 aromatic carbocycles. The zero-order chi connectivity index (χ0) is 5.82. The first-order valence-electron chi connectivity index (χ1n) is 2.72. The summed E-state index contributed by atoms with van der Waals surface area (Å²) >= 11 is 1.98. The number of nitrogens with one attached hydrogen (secondary N) is 1. The predicted octanol–water partition coefficient (Wildman–Crippen LogP) is -0.587. The number of thioether (sulfide) groups is 1. The summed E-state index contributed by atoms with van der Waals surface area (Å²) in [6.07, 6.45) is 0. The van der Waals surface area contributed by atoms with Crippen LogP contribution in [-0.2, 0) is 0 Å². The zero-order valence-corrected chi connectivity index (χ0v) is 5.58. The van der Waals surface area contributed by atoms with E-state index in [1.54, 1.807) is 0 Å². The zero-order valence-electron chi connectivity index (χ0n) is 4.76. The molecule has 1 aliphatic heterocycles. The molecule has 0 atom stereocenters. The second-order valence-corrected chi connectivity index (χ2v) is 2.95. The summed E-state index contributed by atoms with van der Waals surface area (Å²) < 4.78 is 0. The van der Waals surface area contributed by atoms with Gasteiger partial charge in [0.25, 0.3) is 0 Å². The Balaban J connectivity index is 2.13. The molecule has 1 saturated heterocycles. The van der Waals surface area contributed by atoms with Crippen molar-refractivity contribution < 1.29 is 0 Å². The highest BCUT2D eigenvalue weighted by atomic mass is 32.2. The summed E-state index contributed by atoms with van der Waals surface area (Å²) in [5, 5.41) is 2.02. The van der Waals surface area contributed by atoms with Crippen molar-refractivity contribution in [1.82, 2.24) is 10.5 Å². The second-order valence-electron chi connectivity index (χ2n) is 1.73. The van der Waals surface area contributed by atoms with Gasteiger partial charge in [-0.2, -0.15) is 17.3 Å². The molecule has 0 saturated carbocycles. The Kier molecular flexibility index (Phi) is 2.62. The molecule has 0 spiro atoms. The van der Waals surface area contributed by atoms with Gasteiger partial charge in [-0.1, -0.05) is 0 Å². The van der Waals surface area contributed by atoms with Crippen LogP contribution in [0.15, 0.2) is 0 Å². The minimum atomic E-state index is 1.07. The molecule has 1 rings (SSSR count). The third kappa shape index (κ3) is 1.63. The standard InChI is InChI=1S/C4H11N3S/c5-6-7-1-3-8-4-2-7/h6H,1-5H2. The molecule has 0 aromatic heterocycles. The lowest BCUT2D eigenvalue weighted by atomic mass is 10.6. The van der Waals surface area contributed by atoms with Gasteiger partial charge in [0.1, 0.15) is 0 Å². The van der Waals surface area contributed by atoms with Crippen molar-refractivity contribution in [2.45, 2.75) is 0 Å². The monoisotopic (exact) mass is 133 g/mol. The third-order valence-corrected chi connectivity index (χ3v) is 2.14. The van der Waals surface area contributed by atoms with E-state index < -0.39 is 0 Å². The molecule has 0 amide bonds. The van der Waals surface area contributed by atoms with E-state index >= 15 is 0 Å². The maximum absolute atomic E-state index is 5.17. The number of hydrogen-bond acceptors (Lipinski definition) is 4. The highest BCUT2D eigenvalue weighted by Crippen LogP contribution is 2.05. The smallest absolute Gasteiger partial charge is 0.0235 e.